The number of carbonyl (C=O) groups excluding carboxylic acids is 1. The molecule has 1 unspecified atom stereocenters. The van der Waals surface area contributed by atoms with Crippen LogP contribution in [0.4, 0.5) is 0 Å². The number of ether oxygens (including phenoxy) is 2. The summed E-state index contributed by atoms with van der Waals surface area (Å²) in [7, 11) is 1.59. The van der Waals surface area contributed by atoms with Gasteiger partial charge < -0.3 is 9.47 Å². The van der Waals surface area contributed by atoms with Gasteiger partial charge >= 0.3 is 5.97 Å². The third-order valence-electron chi connectivity index (χ3n) is 5.95. The monoisotopic (exact) mass is 516 g/mol. The van der Waals surface area contributed by atoms with Crippen molar-refractivity contribution in [1.82, 2.24) is 4.57 Å². The van der Waals surface area contributed by atoms with Gasteiger partial charge in [0.2, 0.25) is 0 Å². The minimum absolute atomic E-state index is 0.201. The molecule has 0 fully saturated rings. The predicted molar refractivity (Wildman–Crippen MR) is 143 cm³/mol. The maximum atomic E-state index is 13.8. The molecule has 6 nitrogen and oxygen atoms in total. The number of thiophene rings is 1. The van der Waals surface area contributed by atoms with Crippen molar-refractivity contribution < 1.29 is 14.3 Å². The molecule has 3 heterocycles. The standard InChI is InChI=1S/C28H24N2O4S2/c1-4-34-27(32)23-24(18-9-6-5-7-10-18)29-28-30(25(23)19-11-8-12-20(15-19)33-3)26(31)22(36-28)16-21-17(2)13-14-35-21/h5-16,25H,4H2,1-3H3/b22-16+. The highest BCUT2D eigenvalue weighted by molar-refractivity contribution is 7.11. The number of thiazole rings is 1. The number of aromatic nitrogens is 1. The lowest BCUT2D eigenvalue weighted by molar-refractivity contribution is -0.138. The molecule has 1 atom stereocenters. The van der Waals surface area contributed by atoms with Crippen LogP contribution < -0.4 is 19.6 Å². The molecular weight excluding hydrogens is 492 g/mol. The number of nitrogens with zero attached hydrogens (tertiary/aromatic N) is 2. The first-order valence-corrected chi connectivity index (χ1v) is 13.2. The third-order valence-corrected chi connectivity index (χ3v) is 7.90. The molecule has 8 heteroatoms. The van der Waals surface area contributed by atoms with Crippen LogP contribution in [0.3, 0.4) is 0 Å². The van der Waals surface area contributed by atoms with Crippen LogP contribution in [0.25, 0.3) is 11.8 Å². The van der Waals surface area contributed by atoms with Crippen molar-refractivity contribution >= 4 is 40.4 Å². The fraction of sp³-hybridized carbons (Fsp3) is 0.179. The fourth-order valence-corrected chi connectivity index (χ4v) is 6.13. The van der Waals surface area contributed by atoms with Crippen molar-refractivity contribution in [2.24, 2.45) is 4.99 Å². The van der Waals surface area contributed by atoms with Gasteiger partial charge in [-0.1, -0.05) is 53.8 Å². The van der Waals surface area contributed by atoms with Crippen molar-refractivity contribution in [2.75, 3.05) is 13.7 Å². The van der Waals surface area contributed by atoms with E-state index in [-0.39, 0.29) is 12.2 Å². The highest BCUT2D eigenvalue weighted by Gasteiger charge is 2.35. The van der Waals surface area contributed by atoms with Crippen molar-refractivity contribution in [1.29, 1.82) is 0 Å². The third kappa shape index (κ3) is 4.34. The average molecular weight is 517 g/mol. The number of rotatable bonds is 6. The lowest BCUT2D eigenvalue weighted by Gasteiger charge is -2.26. The Hall–Kier alpha value is -3.75. The van der Waals surface area contributed by atoms with E-state index in [2.05, 4.69) is 0 Å². The molecule has 0 saturated heterocycles. The van der Waals surface area contributed by atoms with Crippen LogP contribution in [0.2, 0.25) is 0 Å². The first-order chi connectivity index (χ1) is 17.5. The van der Waals surface area contributed by atoms with E-state index < -0.39 is 12.0 Å². The molecule has 36 heavy (non-hydrogen) atoms. The van der Waals surface area contributed by atoms with Crippen molar-refractivity contribution in [3.05, 3.63) is 113 Å². The van der Waals surface area contributed by atoms with Gasteiger partial charge in [-0.2, -0.15) is 0 Å². The Morgan fingerprint density at radius 2 is 1.94 bits per heavy atom. The van der Waals surface area contributed by atoms with Gasteiger partial charge in [-0.05, 0) is 54.6 Å². The Morgan fingerprint density at radius 3 is 2.64 bits per heavy atom. The highest BCUT2D eigenvalue weighted by atomic mass is 32.1. The van der Waals surface area contributed by atoms with E-state index in [1.54, 1.807) is 29.9 Å². The van der Waals surface area contributed by atoms with Gasteiger partial charge in [-0.25, -0.2) is 9.79 Å². The molecule has 0 N–H and O–H groups in total. The van der Waals surface area contributed by atoms with E-state index in [9.17, 15) is 9.59 Å². The molecule has 0 radical (unpaired) electrons. The Kier molecular flexibility index (Phi) is 6.71. The first kappa shape index (κ1) is 24.0. The predicted octanol–water partition coefficient (Wildman–Crippen LogP) is 4.31. The average Bonchev–Trinajstić information content (AvgIpc) is 3.45. The molecule has 4 aromatic rings. The summed E-state index contributed by atoms with van der Waals surface area (Å²) in [6.45, 7) is 3.99. The van der Waals surface area contributed by atoms with Gasteiger partial charge in [0.05, 0.1) is 35.6 Å². The van der Waals surface area contributed by atoms with Gasteiger partial charge in [-0.15, -0.1) is 11.3 Å². The summed E-state index contributed by atoms with van der Waals surface area (Å²) < 4.78 is 13.1. The van der Waals surface area contributed by atoms with Crippen molar-refractivity contribution in [2.45, 2.75) is 19.9 Å². The minimum Gasteiger partial charge on any atom is -0.497 e. The molecule has 2 aromatic heterocycles. The molecule has 5 rings (SSSR count). The molecule has 182 valence electrons. The van der Waals surface area contributed by atoms with Gasteiger partial charge in [0.25, 0.3) is 5.56 Å². The number of benzene rings is 2. The van der Waals surface area contributed by atoms with Gasteiger partial charge in [0, 0.05) is 10.4 Å². The largest absolute Gasteiger partial charge is 0.497 e. The first-order valence-electron chi connectivity index (χ1n) is 11.5. The number of carbonyl (C=O) groups is 1. The number of methoxy groups -OCH3 is 1. The molecule has 2 aromatic carbocycles. The topological polar surface area (TPSA) is 69.9 Å². The molecule has 0 aliphatic carbocycles. The number of hydrogen-bond acceptors (Lipinski definition) is 7. The van der Waals surface area contributed by atoms with Crippen LogP contribution in [0.1, 0.15) is 34.5 Å². The zero-order valence-electron chi connectivity index (χ0n) is 20.1. The van der Waals surface area contributed by atoms with Crippen molar-refractivity contribution in [3.8, 4) is 5.75 Å². The second-order valence-corrected chi connectivity index (χ2v) is 10.1. The Labute approximate surface area is 216 Å². The molecule has 0 saturated carbocycles. The highest BCUT2D eigenvalue weighted by Crippen LogP contribution is 2.36. The summed E-state index contributed by atoms with van der Waals surface area (Å²) in [5.41, 5.74) is 3.24. The minimum atomic E-state index is -0.725. The number of esters is 1. The second-order valence-electron chi connectivity index (χ2n) is 8.18. The Bertz CT molecular complexity index is 1640. The van der Waals surface area contributed by atoms with Crippen LogP contribution in [-0.2, 0) is 9.53 Å². The lowest BCUT2D eigenvalue weighted by atomic mass is 9.93. The number of hydrogen-bond donors (Lipinski definition) is 0. The number of fused-ring (bicyclic) bond motifs is 1. The molecule has 0 spiro atoms. The molecule has 1 aliphatic rings. The summed E-state index contributed by atoms with van der Waals surface area (Å²) >= 11 is 2.90. The van der Waals surface area contributed by atoms with E-state index in [1.807, 2.05) is 79.0 Å². The summed E-state index contributed by atoms with van der Waals surface area (Å²) in [5, 5.41) is 2.00. The normalized spacial score (nSPS) is 15.4. The van der Waals surface area contributed by atoms with Gasteiger partial charge in [0.15, 0.2) is 4.80 Å². The van der Waals surface area contributed by atoms with E-state index in [0.717, 1.165) is 21.6 Å². The van der Waals surface area contributed by atoms with Crippen LogP contribution in [-0.4, -0.2) is 24.3 Å². The molecule has 0 bridgehead atoms. The zero-order valence-corrected chi connectivity index (χ0v) is 21.7. The summed E-state index contributed by atoms with van der Waals surface area (Å²) in [4.78, 5) is 33.7. The summed E-state index contributed by atoms with van der Waals surface area (Å²) in [5.74, 6) is 0.126. The quantitative estimate of drug-likeness (QED) is 0.358. The summed E-state index contributed by atoms with van der Waals surface area (Å²) in [6.07, 6.45) is 1.91. The smallest absolute Gasteiger partial charge is 0.338 e. The van der Waals surface area contributed by atoms with Crippen LogP contribution >= 0.6 is 22.7 Å². The molecule has 0 amide bonds. The SMILES string of the molecule is CCOC(=O)C1=C(c2ccccc2)N=c2s/c(=C/c3sccc3C)c(=O)n2C1c1cccc(OC)c1. The second kappa shape index (κ2) is 10.1. The molecule has 1 aliphatic heterocycles. The maximum absolute atomic E-state index is 13.8. The number of aryl methyl sites for hydroxylation is 1. The Balaban J connectivity index is 1.85. The van der Waals surface area contributed by atoms with Crippen LogP contribution in [0.15, 0.2) is 81.4 Å². The van der Waals surface area contributed by atoms with E-state index in [1.165, 1.54) is 11.3 Å². The maximum Gasteiger partial charge on any atom is 0.338 e. The zero-order chi connectivity index (χ0) is 25.2. The Morgan fingerprint density at radius 1 is 1.14 bits per heavy atom. The van der Waals surface area contributed by atoms with Crippen LogP contribution in [0.5, 0.6) is 5.75 Å². The van der Waals surface area contributed by atoms with Crippen LogP contribution in [0, 0.1) is 6.92 Å². The van der Waals surface area contributed by atoms with E-state index >= 15 is 0 Å². The van der Waals surface area contributed by atoms with E-state index in [4.69, 9.17) is 14.5 Å². The van der Waals surface area contributed by atoms with Gasteiger partial charge in [0.1, 0.15) is 5.75 Å². The lowest BCUT2D eigenvalue weighted by Crippen LogP contribution is -2.40. The summed E-state index contributed by atoms with van der Waals surface area (Å²) in [6, 6.07) is 18.2. The van der Waals surface area contributed by atoms with E-state index in [0.29, 0.717) is 26.4 Å². The van der Waals surface area contributed by atoms with Crippen molar-refractivity contribution in [3.63, 3.8) is 0 Å². The molecular formula is C28H24N2O4S2. The fourth-order valence-electron chi connectivity index (χ4n) is 4.22. The van der Waals surface area contributed by atoms with Gasteiger partial charge in [-0.3, -0.25) is 9.36 Å².